The first-order valence-electron chi connectivity index (χ1n) is 13.3. The van der Waals surface area contributed by atoms with Crippen molar-refractivity contribution < 1.29 is 19.2 Å². The fourth-order valence-electron chi connectivity index (χ4n) is 4.72. The van der Waals surface area contributed by atoms with E-state index >= 15 is 0 Å². The highest BCUT2D eigenvalue weighted by molar-refractivity contribution is 7.07. The van der Waals surface area contributed by atoms with Gasteiger partial charge in [-0.15, -0.1) is 0 Å². The Balaban J connectivity index is 1.83. The number of rotatable bonds is 9. The molecule has 3 aromatic rings. The van der Waals surface area contributed by atoms with Gasteiger partial charge in [0.1, 0.15) is 5.75 Å². The number of benzene rings is 2. The van der Waals surface area contributed by atoms with Gasteiger partial charge < -0.3 is 14.4 Å². The van der Waals surface area contributed by atoms with Crippen molar-refractivity contribution in [2.45, 2.75) is 40.7 Å². The molecular weight excluding hydrogens is 556 g/mol. The van der Waals surface area contributed by atoms with Crippen LogP contribution in [0, 0.1) is 10.1 Å². The Kier molecular flexibility index (Phi) is 9.21. The van der Waals surface area contributed by atoms with E-state index in [1.807, 2.05) is 50.0 Å². The molecule has 0 aliphatic carbocycles. The molecule has 0 spiro atoms. The van der Waals surface area contributed by atoms with E-state index in [0.717, 1.165) is 22.6 Å². The molecular formula is C31H32N4O6S. The highest BCUT2D eigenvalue weighted by Crippen LogP contribution is 2.32. The predicted molar refractivity (Wildman–Crippen MR) is 163 cm³/mol. The van der Waals surface area contributed by atoms with Crippen LogP contribution in [0.3, 0.4) is 0 Å². The number of nitro groups is 1. The molecule has 0 bridgehead atoms. The lowest BCUT2D eigenvalue weighted by atomic mass is 9.96. The van der Waals surface area contributed by atoms with Gasteiger partial charge in [0.05, 0.1) is 40.5 Å². The van der Waals surface area contributed by atoms with E-state index in [9.17, 15) is 19.7 Å². The molecule has 1 atom stereocenters. The minimum atomic E-state index is -0.722. The summed E-state index contributed by atoms with van der Waals surface area (Å²) in [5, 5.41) is 11.1. The molecule has 0 saturated heterocycles. The summed E-state index contributed by atoms with van der Waals surface area (Å²) >= 11 is 1.23. The van der Waals surface area contributed by atoms with Crippen LogP contribution in [0.2, 0.25) is 0 Å². The summed E-state index contributed by atoms with van der Waals surface area (Å²) in [6.45, 7) is 9.39. The minimum absolute atomic E-state index is 0.00321. The van der Waals surface area contributed by atoms with Gasteiger partial charge in [-0.2, -0.15) is 0 Å². The molecule has 1 aromatic heterocycles. The number of anilines is 1. The lowest BCUT2D eigenvalue weighted by Gasteiger charge is -2.26. The third kappa shape index (κ3) is 5.96. The summed E-state index contributed by atoms with van der Waals surface area (Å²) in [5.41, 5.74) is 3.67. The molecule has 0 saturated carbocycles. The largest absolute Gasteiger partial charge is 0.497 e. The van der Waals surface area contributed by atoms with Gasteiger partial charge in [-0.3, -0.25) is 19.5 Å². The number of non-ortho nitro benzene ring substituents is 1. The molecule has 2 aromatic carbocycles. The highest BCUT2D eigenvalue weighted by atomic mass is 32.1. The quantitative estimate of drug-likeness (QED) is 0.196. The molecule has 0 fully saturated rings. The van der Waals surface area contributed by atoms with E-state index in [-0.39, 0.29) is 17.9 Å². The van der Waals surface area contributed by atoms with Gasteiger partial charge in [0.15, 0.2) is 4.80 Å². The molecule has 42 heavy (non-hydrogen) atoms. The number of ether oxygens (including phenoxy) is 2. The Bertz CT molecular complexity index is 1780. The number of hydrogen-bond acceptors (Lipinski definition) is 9. The maximum atomic E-state index is 13.9. The Hall–Kier alpha value is -4.77. The smallest absolute Gasteiger partial charge is 0.338 e. The van der Waals surface area contributed by atoms with E-state index in [0.29, 0.717) is 26.4 Å². The predicted octanol–water partition coefficient (Wildman–Crippen LogP) is 5.00. The summed E-state index contributed by atoms with van der Waals surface area (Å²) in [7, 11) is 1.57. The molecule has 10 nitrogen and oxygen atoms in total. The summed E-state index contributed by atoms with van der Waals surface area (Å²) < 4.78 is 12.6. The van der Waals surface area contributed by atoms with Gasteiger partial charge in [0, 0.05) is 29.2 Å². The third-order valence-corrected chi connectivity index (χ3v) is 7.87. The van der Waals surface area contributed by atoms with Gasteiger partial charge >= 0.3 is 5.97 Å². The molecule has 218 valence electrons. The van der Waals surface area contributed by atoms with Crippen LogP contribution in [0.4, 0.5) is 11.4 Å². The number of methoxy groups -OCH3 is 1. The third-order valence-electron chi connectivity index (χ3n) is 6.87. The van der Waals surface area contributed by atoms with E-state index in [4.69, 9.17) is 9.47 Å². The summed E-state index contributed by atoms with van der Waals surface area (Å²) in [6.07, 6.45) is 5.48. The molecule has 4 rings (SSSR count). The van der Waals surface area contributed by atoms with E-state index in [2.05, 4.69) is 4.99 Å². The van der Waals surface area contributed by atoms with Crippen molar-refractivity contribution in [3.05, 3.63) is 119 Å². The second-order valence-electron chi connectivity index (χ2n) is 9.44. The summed E-state index contributed by atoms with van der Waals surface area (Å²) in [6, 6.07) is 12.8. The van der Waals surface area contributed by atoms with Crippen LogP contribution in [0.15, 0.2) is 93.1 Å². The number of nitrogens with zero attached hydrogens (tertiary/aromatic N) is 4. The molecule has 0 amide bonds. The monoisotopic (exact) mass is 588 g/mol. The van der Waals surface area contributed by atoms with Gasteiger partial charge in [0.2, 0.25) is 0 Å². The number of esters is 1. The Morgan fingerprint density at radius 1 is 1.14 bits per heavy atom. The normalized spacial score (nSPS) is 15.7. The minimum Gasteiger partial charge on any atom is -0.497 e. The zero-order chi connectivity index (χ0) is 30.6. The number of hydrogen-bond donors (Lipinski definition) is 0. The van der Waals surface area contributed by atoms with Crippen LogP contribution < -0.4 is 24.5 Å². The van der Waals surface area contributed by atoms with Gasteiger partial charge in [-0.1, -0.05) is 29.5 Å². The van der Waals surface area contributed by atoms with Gasteiger partial charge in [-0.05, 0) is 76.6 Å². The standard InChI is InChI=1S/C31H32N4O6S/c1-7-19(3)33(23-12-14-24(15-13-23)35(38)39)20(4)9-18-26-29(36)34-28(22-10-16-25(40-6)17-11-22)27(30(37)41-8-2)21(5)32-31(34)42-26/h7,9-18,28H,8H2,1-6H3/b19-7-,20-9+,26-18-. The van der Waals surface area contributed by atoms with Crippen molar-refractivity contribution in [3.8, 4) is 5.75 Å². The first-order valence-corrected chi connectivity index (χ1v) is 14.1. The average Bonchev–Trinajstić information content (AvgIpc) is 3.29. The number of carbonyl (C=O) groups excluding carboxylic acids is 1. The number of thiazole rings is 1. The first-order chi connectivity index (χ1) is 20.1. The maximum Gasteiger partial charge on any atom is 0.338 e. The zero-order valence-electron chi connectivity index (χ0n) is 24.3. The number of aromatic nitrogens is 1. The molecule has 0 N–H and O–H groups in total. The first kappa shape index (κ1) is 30.2. The lowest BCUT2D eigenvalue weighted by molar-refractivity contribution is -0.384. The van der Waals surface area contributed by atoms with Crippen LogP contribution in [0.1, 0.15) is 46.2 Å². The van der Waals surface area contributed by atoms with E-state index in [1.54, 1.807) is 51.3 Å². The number of nitro benzene ring substituents is 1. The van der Waals surface area contributed by atoms with Gasteiger partial charge in [0.25, 0.3) is 11.2 Å². The Morgan fingerprint density at radius 2 is 1.81 bits per heavy atom. The summed E-state index contributed by atoms with van der Waals surface area (Å²) in [4.78, 5) is 44.7. The molecule has 2 heterocycles. The van der Waals surface area contributed by atoms with Crippen LogP contribution in [0.25, 0.3) is 6.08 Å². The number of fused-ring (bicyclic) bond motifs is 1. The van der Waals surface area contributed by atoms with Crippen molar-refractivity contribution in [1.29, 1.82) is 0 Å². The molecule has 1 unspecified atom stereocenters. The fraction of sp³-hybridized carbons (Fsp3) is 0.258. The second-order valence-corrected chi connectivity index (χ2v) is 10.5. The molecule has 11 heteroatoms. The van der Waals surface area contributed by atoms with Gasteiger partial charge in [-0.25, -0.2) is 9.79 Å². The van der Waals surface area contributed by atoms with E-state index in [1.165, 1.54) is 28.0 Å². The molecule has 1 aliphatic rings. The average molecular weight is 589 g/mol. The fourth-order valence-corrected chi connectivity index (χ4v) is 5.70. The topological polar surface area (TPSA) is 116 Å². The molecule has 0 radical (unpaired) electrons. The van der Waals surface area contributed by atoms with Crippen molar-refractivity contribution in [2.24, 2.45) is 4.99 Å². The second kappa shape index (κ2) is 12.8. The van der Waals surface area contributed by atoms with Crippen LogP contribution in [-0.2, 0) is 9.53 Å². The van der Waals surface area contributed by atoms with Crippen molar-refractivity contribution >= 4 is 34.8 Å². The van der Waals surface area contributed by atoms with Crippen molar-refractivity contribution in [3.63, 3.8) is 0 Å². The number of allylic oxidation sites excluding steroid dienone is 5. The summed E-state index contributed by atoms with van der Waals surface area (Å²) in [5.74, 6) is 0.129. The highest BCUT2D eigenvalue weighted by Gasteiger charge is 2.33. The van der Waals surface area contributed by atoms with Crippen LogP contribution in [0.5, 0.6) is 5.75 Å². The van der Waals surface area contributed by atoms with Crippen LogP contribution >= 0.6 is 11.3 Å². The van der Waals surface area contributed by atoms with Crippen LogP contribution in [-0.4, -0.2) is 29.2 Å². The van der Waals surface area contributed by atoms with E-state index < -0.39 is 16.9 Å². The molecule has 1 aliphatic heterocycles. The maximum absolute atomic E-state index is 13.9. The van der Waals surface area contributed by atoms with Crippen molar-refractivity contribution in [1.82, 2.24) is 4.57 Å². The Morgan fingerprint density at radius 3 is 2.38 bits per heavy atom. The number of carbonyl (C=O) groups is 1. The lowest BCUT2D eigenvalue weighted by Crippen LogP contribution is -2.39. The SMILES string of the molecule is C/C=C(/C)N(/C(C)=C/C=c1\sc2n(c1=O)C(c1ccc(OC)cc1)C(C(=O)OCC)=C(C)N=2)c1ccc([N+](=O)[O-])cc1. The van der Waals surface area contributed by atoms with Crippen molar-refractivity contribution in [2.75, 3.05) is 18.6 Å². The Labute approximate surface area is 247 Å². The zero-order valence-corrected chi connectivity index (χ0v) is 25.1.